The molecule has 10 nitrogen and oxygen atoms in total. The maximum absolute atomic E-state index is 13.4. The zero-order valence-electron chi connectivity index (χ0n) is 22.5. The third kappa shape index (κ3) is 8.44. The maximum Gasteiger partial charge on any atom is 0.475 e. The number of hydrogen-bond donors (Lipinski definition) is 3. The molecule has 4 atom stereocenters. The molecule has 37 heavy (non-hydrogen) atoms. The third-order valence-electron chi connectivity index (χ3n) is 7.91. The van der Waals surface area contributed by atoms with Crippen molar-refractivity contribution in [2.75, 3.05) is 39.4 Å². The molecular weight excluding hydrogens is 475 g/mol. The minimum absolute atomic E-state index is 0.142. The number of carbonyl (C=O) groups is 2. The van der Waals surface area contributed by atoms with Gasteiger partial charge in [-0.15, -0.1) is 0 Å². The summed E-state index contributed by atoms with van der Waals surface area (Å²) in [6.45, 7) is 10.1. The number of nitriles is 1. The summed E-state index contributed by atoms with van der Waals surface area (Å²) in [6.07, 6.45) is 6.05. The van der Waals surface area contributed by atoms with E-state index in [4.69, 9.17) is 9.47 Å². The fraction of sp³-hybridized carbons (Fsp3) is 0.808. The number of morpholine rings is 1. The molecule has 0 bridgehead atoms. The first-order chi connectivity index (χ1) is 17.6. The van der Waals surface area contributed by atoms with Crippen molar-refractivity contribution in [3.63, 3.8) is 0 Å². The average molecular weight is 518 g/mol. The Hall–Kier alpha value is -2.13. The molecular formula is C26H43BN4O6. The van der Waals surface area contributed by atoms with Crippen molar-refractivity contribution in [1.29, 1.82) is 5.26 Å². The summed E-state index contributed by atoms with van der Waals surface area (Å²) in [5, 5.41) is 31.9. The molecule has 0 aromatic heterocycles. The minimum atomic E-state index is -1.70. The Labute approximate surface area is 221 Å². The van der Waals surface area contributed by atoms with E-state index < -0.39 is 31.2 Å². The molecule has 206 valence electrons. The second-order valence-corrected chi connectivity index (χ2v) is 11.3. The third-order valence-corrected chi connectivity index (χ3v) is 7.91. The fourth-order valence-electron chi connectivity index (χ4n) is 5.83. The molecule has 0 spiro atoms. The normalized spacial score (nSPS) is 23.4. The smallest absolute Gasteiger partial charge is 0.444 e. The van der Waals surface area contributed by atoms with Crippen LogP contribution in [0.4, 0.5) is 4.79 Å². The highest BCUT2D eigenvalue weighted by atomic mass is 16.6. The summed E-state index contributed by atoms with van der Waals surface area (Å²) in [4.78, 5) is 29.9. The summed E-state index contributed by atoms with van der Waals surface area (Å²) in [7, 11) is -1.70. The van der Waals surface area contributed by atoms with Gasteiger partial charge in [-0.3, -0.25) is 9.69 Å². The van der Waals surface area contributed by atoms with Crippen LogP contribution in [-0.2, 0) is 14.3 Å². The zero-order chi connectivity index (χ0) is 27.0. The van der Waals surface area contributed by atoms with E-state index in [1.165, 1.54) is 0 Å². The number of rotatable bonds is 10. The van der Waals surface area contributed by atoms with Crippen LogP contribution >= 0.6 is 0 Å². The van der Waals surface area contributed by atoms with Crippen molar-refractivity contribution in [1.82, 2.24) is 15.1 Å². The lowest BCUT2D eigenvalue weighted by Crippen LogP contribution is -2.52. The van der Waals surface area contributed by atoms with Crippen LogP contribution in [0.1, 0.15) is 65.7 Å². The summed E-state index contributed by atoms with van der Waals surface area (Å²) in [5.41, 5.74) is 0.938. The predicted octanol–water partition coefficient (Wildman–Crippen LogP) is 1.86. The molecule has 3 N–H and O–H groups in total. The second-order valence-electron chi connectivity index (χ2n) is 11.3. The van der Waals surface area contributed by atoms with Crippen molar-refractivity contribution >= 4 is 19.1 Å². The molecule has 2 fully saturated rings. The Morgan fingerprint density at radius 1 is 1.30 bits per heavy atom. The molecule has 2 saturated heterocycles. The largest absolute Gasteiger partial charge is 0.475 e. The second kappa shape index (κ2) is 13.6. The number of ether oxygens (including phenoxy) is 2. The molecule has 2 amide bonds. The Morgan fingerprint density at radius 3 is 2.65 bits per heavy atom. The first-order valence-corrected chi connectivity index (χ1v) is 13.6. The molecule has 3 aliphatic rings. The summed E-state index contributed by atoms with van der Waals surface area (Å²) < 4.78 is 11.0. The molecule has 0 aromatic rings. The van der Waals surface area contributed by atoms with Gasteiger partial charge in [-0.25, -0.2) is 4.79 Å². The SMILES string of the molecule is CC(CC(C)(C)N1CCOCC1)C(C#N)C(=O)N1CCC[C@H](OC(=O)N[C@@H](CC2=CCCC2)B(O)O)C1. The summed E-state index contributed by atoms with van der Waals surface area (Å²) in [5.74, 6) is -1.99. The van der Waals surface area contributed by atoms with E-state index in [0.29, 0.717) is 45.4 Å². The number of carbonyl (C=O) groups excluding carboxylic acids is 2. The van der Waals surface area contributed by atoms with Crippen LogP contribution < -0.4 is 5.32 Å². The number of alkyl carbamates (subject to hydrolysis) is 1. The molecule has 1 aliphatic carbocycles. The van der Waals surface area contributed by atoms with Crippen LogP contribution in [0.5, 0.6) is 0 Å². The standard InChI is InChI=1S/C26H43BN4O6/c1-19(16-26(2,3)31-11-13-36-14-12-31)22(17-28)24(32)30-10-6-9-21(18-30)37-25(33)29-23(27(34)35)15-20-7-4-5-8-20/h7,19,21-23,34-35H,4-6,8-16,18H2,1-3H3,(H,29,33)/t19?,21-,22?,23-/m0/s1. The van der Waals surface area contributed by atoms with Crippen LogP contribution in [-0.4, -0.2) is 95.9 Å². The van der Waals surface area contributed by atoms with Crippen LogP contribution in [0.25, 0.3) is 0 Å². The number of hydrogen-bond acceptors (Lipinski definition) is 8. The van der Waals surface area contributed by atoms with Gasteiger partial charge >= 0.3 is 13.2 Å². The fourth-order valence-corrected chi connectivity index (χ4v) is 5.83. The molecule has 0 aromatic carbocycles. The Bertz CT molecular complexity index is 854. The van der Waals surface area contributed by atoms with Crippen molar-refractivity contribution in [2.24, 2.45) is 11.8 Å². The highest BCUT2D eigenvalue weighted by Crippen LogP contribution is 2.30. The van der Waals surface area contributed by atoms with Gasteiger partial charge in [-0.1, -0.05) is 18.6 Å². The van der Waals surface area contributed by atoms with Crippen LogP contribution in [0, 0.1) is 23.2 Å². The summed E-state index contributed by atoms with van der Waals surface area (Å²) in [6, 6.07) is 2.24. The molecule has 0 radical (unpaired) electrons. The number of nitrogens with one attached hydrogen (secondary N) is 1. The van der Waals surface area contributed by atoms with E-state index in [0.717, 1.165) is 37.9 Å². The van der Waals surface area contributed by atoms with E-state index in [1.54, 1.807) is 4.90 Å². The van der Waals surface area contributed by atoms with Gasteiger partial charge in [0, 0.05) is 25.2 Å². The van der Waals surface area contributed by atoms with Crippen LogP contribution in [0.2, 0.25) is 0 Å². The molecule has 0 saturated carbocycles. The maximum atomic E-state index is 13.4. The first kappa shape index (κ1) is 29.4. The number of nitrogens with zero attached hydrogens (tertiary/aromatic N) is 3. The van der Waals surface area contributed by atoms with Gasteiger partial charge in [-0.2, -0.15) is 5.26 Å². The number of likely N-dealkylation sites (tertiary alicyclic amines) is 1. The quantitative estimate of drug-likeness (QED) is 0.295. The monoisotopic (exact) mass is 518 g/mol. The van der Waals surface area contributed by atoms with Crippen molar-refractivity contribution in [3.05, 3.63) is 11.6 Å². The van der Waals surface area contributed by atoms with Gasteiger partial charge in [0.25, 0.3) is 0 Å². The molecule has 2 heterocycles. The lowest BCUT2D eigenvalue weighted by molar-refractivity contribution is -0.138. The minimum Gasteiger partial charge on any atom is -0.444 e. The van der Waals surface area contributed by atoms with E-state index in [2.05, 4.69) is 36.2 Å². The number of piperidine rings is 1. The lowest BCUT2D eigenvalue weighted by Gasteiger charge is -2.43. The topological polar surface area (TPSA) is 135 Å². The highest BCUT2D eigenvalue weighted by Gasteiger charge is 2.38. The Balaban J connectivity index is 1.53. The Morgan fingerprint density at radius 2 is 2.03 bits per heavy atom. The molecule has 11 heteroatoms. The average Bonchev–Trinajstić information content (AvgIpc) is 3.37. The molecule has 2 unspecified atom stereocenters. The van der Waals surface area contributed by atoms with E-state index in [9.17, 15) is 24.9 Å². The van der Waals surface area contributed by atoms with Gasteiger partial charge in [0.2, 0.25) is 5.91 Å². The highest BCUT2D eigenvalue weighted by molar-refractivity contribution is 6.43. The van der Waals surface area contributed by atoms with Crippen molar-refractivity contribution in [2.45, 2.75) is 83.3 Å². The Kier molecular flexibility index (Phi) is 10.8. The lowest BCUT2D eigenvalue weighted by atomic mass is 9.76. The van der Waals surface area contributed by atoms with Gasteiger partial charge in [0.15, 0.2) is 0 Å². The van der Waals surface area contributed by atoms with E-state index in [-0.39, 0.29) is 23.9 Å². The van der Waals surface area contributed by atoms with Gasteiger partial charge in [-0.05, 0) is 64.7 Å². The van der Waals surface area contributed by atoms with Crippen molar-refractivity contribution in [3.8, 4) is 6.07 Å². The van der Waals surface area contributed by atoms with Crippen molar-refractivity contribution < 1.29 is 29.1 Å². The predicted molar refractivity (Wildman–Crippen MR) is 139 cm³/mol. The van der Waals surface area contributed by atoms with Gasteiger partial charge in [0.05, 0.1) is 31.8 Å². The van der Waals surface area contributed by atoms with E-state index in [1.807, 2.05) is 6.92 Å². The first-order valence-electron chi connectivity index (χ1n) is 13.6. The van der Waals surface area contributed by atoms with E-state index >= 15 is 0 Å². The molecule has 3 rings (SSSR count). The number of amides is 2. The van der Waals surface area contributed by atoms with Gasteiger partial charge < -0.3 is 29.7 Å². The summed E-state index contributed by atoms with van der Waals surface area (Å²) >= 11 is 0. The zero-order valence-corrected chi connectivity index (χ0v) is 22.5. The molecule has 2 aliphatic heterocycles. The van der Waals surface area contributed by atoms with Gasteiger partial charge in [0.1, 0.15) is 12.0 Å². The van der Waals surface area contributed by atoms with Crippen LogP contribution in [0.3, 0.4) is 0 Å². The number of allylic oxidation sites excluding steroid dienone is 1. The van der Waals surface area contributed by atoms with Crippen LogP contribution in [0.15, 0.2) is 11.6 Å².